The molecular weight excluding hydrogens is 466 g/mol. The van der Waals surface area contributed by atoms with E-state index in [1.807, 2.05) is 45.0 Å². The third-order valence-corrected chi connectivity index (χ3v) is 5.26. The van der Waals surface area contributed by atoms with Crippen molar-refractivity contribution in [1.82, 2.24) is 5.32 Å². The van der Waals surface area contributed by atoms with Gasteiger partial charge >= 0.3 is 0 Å². The summed E-state index contributed by atoms with van der Waals surface area (Å²) in [6.45, 7) is 5.68. The Balaban J connectivity index is 1.69. The number of hydrogen-bond acceptors (Lipinski definition) is 4. The molecule has 3 rings (SSSR count). The third kappa shape index (κ3) is 5.79. The molecule has 0 saturated heterocycles. The molecule has 2 aromatic rings. The van der Waals surface area contributed by atoms with Crippen LogP contribution in [0.4, 0.5) is 11.4 Å². The van der Waals surface area contributed by atoms with E-state index in [2.05, 4.69) is 31.9 Å². The van der Waals surface area contributed by atoms with E-state index in [-0.39, 0.29) is 28.9 Å². The maximum Gasteiger partial charge on any atom is 0.261 e. The van der Waals surface area contributed by atoms with Crippen molar-refractivity contribution in [1.29, 1.82) is 0 Å². The van der Waals surface area contributed by atoms with Gasteiger partial charge < -0.3 is 15.4 Å². The fraction of sp³-hybridized carbons (Fsp3) is 0.318. The van der Waals surface area contributed by atoms with Crippen LogP contribution >= 0.6 is 28.1 Å². The number of nitrogens with one attached hydrogen (secondary N) is 3. The number of amides is 2. The Morgan fingerprint density at radius 3 is 2.43 bits per heavy atom. The number of ether oxygens (including phenoxy) is 1. The zero-order valence-corrected chi connectivity index (χ0v) is 19.4. The van der Waals surface area contributed by atoms with Crippen molar-refractivity contribution < 1.29 is 14.3 Å². The van der Waals surface area contributed by atoms with E-state index in [1.165, 1.54) is 0 Å². The molecule has 2 aromatic carbocycles. The number of carbonyl (C=O) groups excluding carboxylic acids is 2. The molecule has 0 heterocycles. The fourth-order valence-corrected chi connectivity index (χ4v) is 3.41. The average molecular weight is 490 g/mol. The van der Waals surface area contributed by atoms with Crippen LogP contribution < -0.4 is 20.7 Å². The molecule has 6 nitrogen and oxygen atoms in total. The normalized spacial score (nSPS) is 13.0. The van der Waals surface area contributed by atoms with E-state index < -0.39 is 0 Å². The Hall–Kier alpha value is -2.45. The highest BCUT2D eigenvalue weighted by Gasteiger charge is 2.29. The zero-order chi connectivity index (χ0) is 21.8. The molecule has 158 valence electrons. The number of rotatable bonds is 6. The average Bonchev–Trinajstić information content (AvgIpc) is 3.51. The summed E-state index contributed by atoms with van der Waals surface area (Å²) in [5.74, 6) is 0.266. The molecule has 0 radical (unpaired) electrons. The van der Waals surface area contributed by atoms with E-state index >= 15 is 0 Å². The minimum atomic E-state index is -0.375. The maximum atomic E-state index is 12.8. The fourth-order valence-electron chi connectivity index (χ4n) is 2.85. The molecule has 1 aliphatic carbocycles. The summed E-state index contributed by atoms with van der Waals surface area (Å²) in [4.78, 5) is 24.9. The molecule has 2 amide bonds. The van der Waals surface area contributed by atoms with Crippen LogP contribution in [0.25, 0.3) is 0 Å². The Morgan fingerprint density at radius 1 is 1.13 bits per heavy atom. The first-order valence-electron chi connectivity index (χ1n) is 9.73. The lowest BCUT2D eigenvalue weighted by Gasteiger charge is -2.17. The number of anilines is 2. The van der Waals surface area contributed by atoms with E-state index in [4.69, 9.17) is 17.0 Å². The van der Waals surface area contributed by atoms with Crippen LogP contribution in [0.2, 0.25) is 0 Å². The van der Waals surface area contributed by atoms with Gasteiger partial charge in [-0.3, -0.25) is 14.9 Å². The monoisotopic (exact) mass is 489 g/mol. The maximum absolute atomic E-state index is 12.8. The van der Waals surface area contributed by atoms with Crippen molar-refractivity contribution in [3.8, 4) is 5.75 Å². The first kappa shape index (κ1) is 22.2. The molecule has 0 aromatic heterocycles. The van der Waals surface area contributed by atoms with Gasteiger partial charge in [-0.15, -0.1) is 0 Å². The van der Waals surface area contributed by atoms with Gasteiger partial charge in [0.15, 0.2) is 5.11 Å². The topological polar surface area (TPSA) is 79.5 Å². The van der Waals surface area contributed by atoms with E-state index in [9.17, 15) is 9.59 Å². The quantitative estimate of drug-likeness (QED) is 0.496. The second-order valence-corrected chi connectivity index (χ2v) is 8.78. The summed E-state index contributed by atoms with van der Waals surface area (Å²) in [6, 6.07) is 10.8. The molecular formula is C22H24BrN3O3S. The number of benzene rings is 2. The lowest BCUT2D eigenvalue weighted by Crippen LogP contribution is -2.34. The van der Waals surface area contributed by atoms with Crippen molar-refractivity contribution >= 4 is 56.4 Å². The molecule has 3 N–H and O–H groups in total. The Bertz CT molecular complexity index is 990. The van der Waals surface area contributed by atoms with Crippen LogP contribution in [0.1, 0.15) is 42.6 Å². The second kappa shape index (κ2) is 9.57. The van der Waals surface area contributed by atoms with Crippen LogP contribution in [0, 0.1) is 12.8 Å². The van der Waals surface area contributed by atoms with Gasteiger partial charge in [-0.1, -0.05) is 22.0 Å². The van der Waals surface area contributed by atoms with Gasteiger partial charge in [0, 0.05) is 21.8 Å². The van der Waals surface area contributed by atoms with Crippen LogP contribution in [-0.2, 0) is 4.79 Å². The standard InChI is InChI=1S/C22H24BrN3O3S/c1-12(2)29-19-10-9-15(23)11-16(19)21(28)26-22(30)25-18-6-4-5-17(13(18)3)24-20(27)14-7-8-14/h4-6,9-12,14H,7-8H2,1-3H3,(H,24,27)(H2,25,26,28,30). The molecule has 0 bridgehead atoms. The summed E-state index contributed by atoms with van der Waals surface area (Å²) >= 11 is 8.72. The molecule has 30 heavy (non-hydrogen) atoms. The van der Waals surface area contributed by atoms with Crippen molar-refractivity contribution in [2.45, 2.75) is 39.7 Å². The largest absolute Gasteiger partial charge is 0.490 e. The van der Waals surface area contributed by atoms with Crippen LogP contribution in [-0.4, -0.2) is 23.0 Å². The SMILES string of the molecule is Cc1c(NC(=O)C2CC2)cccc1NC(=S)NC(=O)c1cc(Br)ccc1OC(C)C. The molecule has 0 atom stereocenters. The zero-order valence-electron chi connectivity index (χ0n) is 17.0. The first-order valence-corrected chi connectivity index (χ1v) is 10.9. The van der Waals surface area contributed by atoms with Gasteiger partial charge in [0.25, 0.3) is 5.91 Å². The molecule has 0 spiro atoms. The van der Waals surface area contributed by atoms with Crippen molar-refractivity contribution in [3.63, 3.8) is 0 Å². The molecule has 0 unspecified atom stereocenters. The van der Waals surface area contributed by atoms with E-state index in [1.54, 1.807) is 12.1 Å². The molecule has 1 aliphatic rings. The van der Waals surface area contributed by atoms with Crippen LogP contribution in [0.5, 0.6) is 5.75 Å². The number of halogens is 1. The predicted molar refractivity (Wildman–Crippen MR) is 126 cm³/mol. The van der Waals surface area contributed by atoms with E-state index in [0.717, 1.165) is 28.6 Å². The minimum absolute atomic E-state index is 0.0402. The summed E-state index contributed by atoms with van der Waals surface area (Å²) in [5, 5.41) is 8.84. The summed E-state index contributed by atoms with van der Waals surface area (Å²) in [6.07, 6.45) is 1.81. The van der Waals surface area contributed by atoms with Gasteiger partial charge in [0.05, 0.1) is 11.7 Å². The van der Waals surface area contributed by atoms with Gasteiger partial charge in [0.1, 0.15) is 5.75 Å². The highest BCUT2D eigenvalue weighted by atomic mass is 79.9. The minimum Gasteiger partial charge on any atom is -0.490 e. The predicted octanol–water partition coefficient (Wildman–Crippen LogP) is 5.02. The number of thiocarbonyl (C=S) groups is 1. The molecule has 1 saturated carbocycles. The Labute approximate surface area is 189 Å². The highest BCUT2D eigenvalue weighted by molar-refractivity contribution is 9.10. The molecule has 0 aliphatic heterocycles. The van der Waals surface area contributed by atoms with Crippen molar-refractivity contribution in [2.75, 3.05) is 10.6 Å². The number of hydrogen-bond donors (Lipinski definition) is 3. The third-order valence-electron chi connectivity index (χ3n) is 4.56. The molecule has 1 fully saturated rings. The lowest BCUT2D eigenvalue weighted by atomic mass is 10.1. The Kier molecular flexibility index (Phi) is 7.10. The van der Waals surface area contributed by atoms with Gasteiger partial charge in [-0.05, 0) is 81.7 Å². The summed E-state index contributed by atoms with van der Waals surface area (Å²) in [5.41, 5.74) is 2.66. The second-order valence-electron chi connectivity index (χ2n) is 7.46. The van der Waals surface area contributed by atoms with Gasteiger partial charge in [-0.2, -0.15) is 0 Å². The van der Waals surface area contributed by atoms with Gasteiger partial charge in [0.2, 0.25) is 5.91 Å². The van der Waals surface area contributed by atoms with Gasteiger partial charge in [-0.25, -0.2) is 0 Å². The number of carbonyl (C=O) groups is 2. The lowest BCUT2D eigenvalue weighted by molar-refractivity contribution is -0.117. The smallest absolute Gasteiger partial charge is 0.261 e. The van der Waals surface area contributed by atoms with Crippen LogP contribution in [0.3, 0.4) is 0 Å². The molecule has 8 heteroatoms. The summed E-state index contributed by atoms with van der Waals surface area (Å²) in [7, 11) is 0. The van der Waals surface area contributed by atoms with Crippen molar-refractivity contribution in [2.24, 2.45) is 5.92 Å². The van der Waals surface area contributed by atoms with E-state index in [0.29, 0.717) is 17.0 Å². The highest BCUT2D eigenvalue weighted by Crippen LogP contribution is 2.31. The Morgan fingerprint density at radius 2 is 1.80 bits per heavy atom. The summed E-state index contributed by atoms with van der Waals surface area (Å²) < 4.78 is 6.49. The van der Waals surface area contributed by atoms with Crippen LogP contribution in [0.15, 0.2) is 40.9 Å². The van der Waals surface area contributed by atoms with Crippen molar-refractivity contribution in [3.05, 3.63) is 52.0 Å². The first-order chi connectivity index (χ1) is 14.2.